The van der Waals surface area contributed by atoms with Gasteiger partial charge in [-0.3, -0.25) is 4.79 Å². The predicted octanol–water partition coefficient (Wildman–Crippen LogP) is 2.44. The van der Waals surface area contributed by atoms with Crippen LogP contribution in [0.3, 0.4) is 0 Å². The molecule has 1 aromatic rings. The third kappa shape index (κ3) is 3.93. The molecule has 1 aromatic carbocycles. The van der Waals surface area contributed by atoms with E-state index in [0.717, 1.165) is 18.4 Å². The van der Waals surface area contributed by atoms with Gasteiger partial charge in [-0.15, -0.1) is 0 Å². The largest absolute Gasteiger partial charge is 0.508 e. The van der Waals surface area contributed by atoms with Gasteiger partial charge in [-0.25, -0.2) is 0 Å². The molecule has 0 saturated carbocycles. The van der Waals surface area contributed by atoms with Crippen molar-refractivity contribution in [1.29, 1.82) is 0 Å². The fourth-order valence-corrected chi connectivity index (χ4v) is 1.59. The highest BCUT2D eigenvalue weighted by atomic mass is 16.3. The maximum atomic E-state index is 11.6. The predicted molar refractivity (Wildman–Crippen MR) is 64.0 cm³/mol. The van der Waals surface area contributed by atoms with Crippen molar-refractivity contribution in [2.45, 2.75) is 33.2 Å². The van der Waals surface area contributed by atoms with Gasteiger partial charge in [0.1, 0.15) is 5.75 Å². The highest BCUT2D eigenvalue weighted by Crippen LogP contribution is 2.11. The van der Waals surface area contributed by atoms with Gasteiger partial charge in [0.25, 0.3) is 0 Å². The van der Waals surface area contributed by atoms with Crippen LogP contribution in [-0.2, 0) is 11.3 Å². The Morgan fingerprint density at radius 1 is 1.50 bits per heavy atom. The minimum atomic E-state index is 0.0577. The van der Waals surface area contributed by atoms with E-state index in [1.807, 2.05) is 13.0 Å². The Hall–Kier alpha value is -1.51. The lowest BCUT2D eigenvalue weighted by molar-refractivity contribution is -0.124. The molecule has 0 aliphatic rings. The lowest BCUT2D eigenvalue weighted by Gasteiger charge is -2.11. The molecule has 1 atom stereocenters. The first-order valence-electron chi connectivity index (χ1n) is 5.69. The first-order valence-corrected chi connectivity index (χ1v) is 5.69. The Kier molecular flexibility index (Phi) is 4.83. The zero-order valence-corrected chi connectivity index (χ0v) is 9.86. The van der Waals surface area contributed by atoms with Crippen LogP contribution in [0.4, 0.5) is 0 Å². The average molecular weight is 221 g/mol. The number of amides is 1. The van der Waals surface area contributed by atoms with E-state index in [-0.39, 0.29) is 17.6 Å². The minimum Gasteiger partial charge on any atom is -0.508 e. The molecule has 0 radical (unpaired) electrons. The Morgan fingerprint density at radius 3 is 2.88 bits per heavy atom. The van der Waals surface area contributed by atoms with Crippen molar-refractivity contribution < 1.29 is 9.90 Å². The van der Waals surface area contributed by atoms with Crippen molar-refractivity contribution in [3.63, 3.8) is 0 Å². The molecule has 0 saturated heterocycles. The lowest BCUT2D eigenvalue weighted by atomic mass is 10.1. The van der Waals surface area contributed by atoms with Gasteiger partial charge in [-0.2, -0.15) is 0 Å². The molecule has 0 spiro atoms. The van der Waals surface area contributed by atoms with Crippen molar-refractivity contribution in [3.05, 3.63) is 29.8 Å². The van der Waals surface area contributed by atoms with Gasteiger partial charge in [0.05, 0.1) is 0 Å². The molecule has 1 rings (SSSR count). The summed E-state index contributed by atoms with van der Waals surface area (Å²) in [6.45, 7) is 4.47. The van der Waals surface area contributed by atoms with Crippen molar-refractivity contribution >= 4 is 5.91 Å². The quantitative estimate of drug-likeness (QED) is 0.802. The van der Waals surface area contributed by atoms with Gasteiger partial charge < -0.3 is 10.4 Å². The monoisotopic (exact) mass is 221 g/mol. The number of hydrogen-bond acceptors (Lipinski definition) is 2. The number of nitrogens with one attached hydrogen (secondary N) is 1. The van der Waals surface area contributed by atoms with E-state index in [0.29, 0.717) is 6.54 Å². The van der Waals surface area contributed by atoms with Gasteiger partial charge >= 0.3 is 0 Å². The smallest absolute Gasteiger partial charge is 0.223 e. The molecule has 0 heterocycles. The van der Waals surface area contributed by atoms with Gasteiger partial charge in [0, 0.05) is 12.5 Å². The van der Waals surface area contributed by atoms with Crippen LogP contribution in [0, 0.1) is 5.92 Å². The summed E-state index contributed by atoms with van der Waals surface area (Å²) in [5.74, 6) is 0.362. The van der Waals surface area contributed by atoms with E-state index >= 15 is 0 Å². The summed E-state index contributed by atoms with van der Waals surface area (Å²) in [4.78, 5) is 11.6. The van der Waals surface area contributed by atoms with Crippen LogP contribution in [0.25, 0.3) is 0 Å². The molecule has 0 aliphatic carbocycles. The Labute approximate surface area is 96.5 Å². The van der Waals surface area contributed by atoms with Gasteiger partial charge in [-0.1, -0.05) is 32.4 Å². The summed E-state index contributed by atoms with van der Waals surface area (Å²) < 4.78 is 0. The van der Waals surface area contributed by atoms with Crippen molar-refractivity contribution in [3.8, 4) is 5.75 Å². The number of phenols is 1. The van der Waals surface area contributed by atoms with Crippen molar-refractivity contribution in [2.75, 3.05) is 0 Å². The second-order valence-corrected chi connectivity index (χ2v) is 4.08. The molecule has 88 valence electrons. The second-order valence-electron chi connectivity index (χ2n) is 4.08. The molecule has 0 aliphatic heterocycles. The maximum absolute atomic E-state index is 11.6. The molecule has 0 aromatic heterocycles. The number of benzene rings is 1. The van der Waals surface area contributed by atoms with E-state index in [9.17, 15) is 9.90 Å². The van der Waals surface area contributed by atoms with Crippen LogP contribution in [0.2, 0.25) is 0 Å². The van der Waals surface area contributed by atoms with Gasteiger partial charge in [-0.05, 0) is 24.1 Å². The zero-order valence-electron chi connectivity index (χ0n) is 9.86. The van der Waals surface area contributed by atoms with E-state index < -0.39 is 0 Å². The minimum absolute atomic E-state index is 0.0577. The van der Waals surface area contributed by atoms with E-state index in [4.69, 9.17) is 0 Å². The number of phenolic OH excluding ortho intramolecular Hbond substituents is 1. The summed E-state index contributed by atoms with van der Waals surface area (Å²) >= 11 is 0. The number of aromatic hydroxyl groups is 1. The second kappa shape index (κ2) is 6.16. The summed E-state index contributed by atoms with van der Waals surface area (Å²) in [5.41, 5.74) is 0.914. The lowest BCUT2D eigenvalue weighted by Crippen LogP contribution is -2.28. The number of carbonyl (C=O) groups excluding carboxylic acids is 1. The molecule has 3 nitrogen and oxygen atoms in total. The fourth-order valence-electron chi connectivity index (χ4n) is 1.59. The first kappa shape index (κ1) is 12.6. The summed E-state index contributed by atoms with van der Waals surface area (Å²) in [6, 6.07) is 6.92. The normalized spacial score (nSPS) is 12.1. The summed E-state index contributed by atoms with van der Waals surface area (Å²) in [5, 5.41) is 12.1. The molecular weight excluding hydrogens is 202 g/mol. The molecule has 3 heteroatoms. The highest BCUT2D eigenvalue weighted by Gasteiger charge is 2.10. The number of rotatable bonds is 5. The fraction of sp³-hybridized carbons (Fsp3) is 0.462. The van der Waals surface area contributed by atoms with Gasteiger partial charge in [0.2, 0.25) is 5.91 Å². The average Bonchev–Trinajstić information content (AvgIpc) is 2.26. The molecule has 2 N–H and O–H groups in total. The molecule has 0 fully saturated rings. The van der Waals surface area contributed by atoms with E-state index in [1.54, 1.807) is 18.2 Å². The molecule has 16 heavy (non-hydrogen) atoms. The molecule has 1 unspecified atom stereocenters. The van der Waals surface area contributed by atoms with Crippen molar-refractivity contribution in [1.82, 2.24) is 5.32 Å². The van der Waals surface area contributed by atoms with Crippen LogP contribution in [0.1, 0.15) is 32.3 Å². The number of carbonyl (C=O) groups is 1. The SMILES string of the molecule is CCCC(C)C(=O)NCc1cccc(O)c1. The van der Waals surface area contributed by atoms with Crippen molar-refractivity contribution in [2.24, 2.45) is 5.92 Å². The third-order valence-electron chi connectivity index (χ3n) is 2.55. The summed E-state index contributed by atoms with van der Waals surface area (Å²) in [7, 11) is 0. The van der Waals surface area contributed by atoms with Crippen LogP contribution >= 0.6 is 0 Å². The first-order chi connectivity index (χ1) is 7.63. The third-order valence-corrected chi connectivity index (χ3v) is 2.55. The highest BCUT2D eigenvalue weighted by molar-refractivity contribution is 5.78. The van der Waals surface area contributed by atoms with E-state index in [1.165, 1.54) is 0 Å². The van der Waals surface area contributed by atoms with Crippen LogP contribution in [-0.4, -0.2) is 11.0 Å². The Morgan fingerprint density at radius 2 is 2.25 bits per heavy atom. The van der Waals surface area contributed by atoms with Crippen LogP contribution < -0.4 is 5.32 Å². The topological polar surface area (TPSA) is 49.3 Å². The zero-order chi connectivity index (χ0) is 12.0. The Bertz CT molecular complexity index is 350. The maximum Gasteiger partial charge on any atom is 0.223 e. The molecule has 0 bridgehead atoms. The van der Waals surface area contributed by atoms with Crippen LogP contribution in [0.5, 0.6) is 5.75 Å². The van der Waals surface area contributed by atoms with E-state index in [2.05, 4.69) is 12.2 Å². The standard InChI is InChI=1S/C13H19NO2/c1-3-5-10(2)13(16)14-9-11-6-4-7-12(15)8-11/h4,6-8,10,15H,3,5,9H2,1-2H3,(H,14,16). The number of hydrogen-bond donors (Lipinski definition) is 2. The molecule has 1 amide bonds. The summed E-state index contributed by atoms with van der Waals surface area (Å²) in [6.07, 6.45) is 1.92. The van der Waals surface area contributed by atoms with Gasteiger partial charge in [0.15, 0.2) is 0 Å². The molecular formula is C13H19NO2. The Balaban J connectivity index is 2.42. The van der Waals surface area contributed by atoms with Crippen LogP contribution in [0.15, 0.2) is 24.3 Å².